The zero-order valence-electron chi connectivity index (χ0n) is 12.8. The van der Waals surface area contributed by atoms with Gasteiger partial charge >= 0.3 is 5.97 Å². The summed E-state index contributed by atoms with van der Waals surface area (Å²) < 4.78 is 5.14. The van der Waals surface area contributed by atoms with Gasteiger partial charge in [-0.15, -0.1) is 0 Å². The molecule has 112 valence electrons. The van der Waals surface area contributed by atoms with E-state index in [2.05, 4.69) is 24.0 Å². The van der Waals surface area contributed by atoms with Gasteiger partial charge in [-0.2, -0.15) is 0 Å². The first-order valence-corrected chi connectivity index (χ1v) is 7.00. The van der Waals surface area contributed by atoms with Gasteiger partial charge in [-0.25, -0.2) is 0 Å². The molecule has 0 aromatic heterocycles. The number of benzene rings is 1. The van der Waals surface area contributed by atoms with Crippen molar-refractivity contribution in [1.82, 2.24) is 4.90 Å². The highest BCUT2D eigenvalue weighted by atomic mass is 16.5. The smallest absolute Gasteiger partial charge is 0.307 e. The van der Waals surface area contributed by atoms with E-state index in [0.717, 1.165) is 18.6 Å². The SMILES string of the molecule is COc1ccc(CCC(C)N(C)CC(C)C(=O)O)cc1. The Bertz CT molecular complexity index is 416. The fourth-order valence-corrected chi connectivity index (χ4v) is 2.08. The molecule has 4 heteroatoms. The van der Waals surface area contributed by atoms with E-state index in [9.17, 15) is 4.79 Å². The molecule has 0 amide bonds. The van der Waals surface area contributed by atoms with Crippen molar-refractivity contribution >= 4 is 5.97 Å². The third-order valence-electron chi connectivity index (χ3n) is 3.75. The molecule has 1 aromatic carbocycles. The lowest BCUT2D eigenvalue weighted by atomic mass is 10.0. The van der Waals surface area contributed by atoms with Crippen LogP contribution in [0.1, 0.15) is 25.8 Å². The fraction of sp³-hybridized carbons (Fsp3) is 0.562. The molecule has 0 radical (unpaired) electrons. The number of carboxylic acids is 1. The molecule has 0 aliphatic rings. The molecule has 1 N–H and O–H groups in total. The highest BCUT2D eigenvalue weighted by molar-refractivity contribution is 5.69. The Morgan fingerprint density at radius 2 is 1.90 bits per heavy atom. The first-order valence-electron chi connectivity index (χ1n) is 7.00. The largest absolute Gasteiger partial charge is 0.497 e. The van der Waals surface area contributed by atoms with Gasteiger partial charge in [0.1, 0.15) is 5.75 Å². The second-order valence-corrected chi connectivity index (χ2v) is 5.41. The van der Waals surface area contributed by atoms with Crippen LogP contribution in [0.2, 0.25) is 0 Å². The molecule has 20 heavy (non-hydrogen) atoms. The lowest BCUT2D eigenvalue weighted by molar-refractivity contribution is -0.141. The van der Waals surface area contributed by atoms with Gasteiger partial charge in [-0.1, -0.05) is 19.1 Å². The van der Waals surface area contributed by atoms with Gasteiger partial charge in [-0.3, -0.25) is 4.79 Å². The zero-order chi connectivity index (χ0) is 15.1. The average Bonchev–Trinajstić information content (AvgIpc) is 2.44. The second-order valence-electron chi connectivity index (χ2n) is 5.41. The van der Waals surface area contributed by atoms with Gasteiger partial charge in [-0.05, 0) is 44.5 Å². The molecule has 2 unspecified atom stereocenters. The van der Waals surface area contributed by atoms with E-state index in [4.69, 9.17) is 9.84 Å². The maximum absolute atomic E-state index is 10.9. The molecule has 0 bridgehead atoms. The van der Waals surface area contributed by atoms with Gasteiger partial charge in [0.05, 0.1) is 13.0 Å². The van der Waals surface area contributed by atoms with Crippen LogP contribution in [0.25, 0.3) is 0 Å². The minimum Gasteiger partial charge on any atom is -0.497 e. The molecule has 0 aliphatic heterocycles. The van der Waals surface area contributed by atoms with Gasteiger partial charge < -0.3 is 14.7 Å². The summed E-state index contributed by atoms with van der Waals surface area (Å²) in [7, 11) is 3.65. The van der Waals surface area contributed by atoms with E-state index >= 15 is 0 Å². The fourth-order valence-electron chi connectivity index (χ4n) is 2.08. The van der Waals surface area contributed by atoms with Crippen molar-refractivity contribution < 1.29 is 14.6 Å². The molecule has 0 fully saturated rings. The molecule has 0 aliphatic carbocycles. The van der Waals surface area contributed by atoms with E-state index in [1.165, 1.54) is 5.56 Å². The molecular formula is C16H25NO3. The molecule has 0 saturated heterocycles. The van der Waals surface area contributed by atoms with E-state index in [1.54, 1.807) is 14.0 Å². The third-order valence-corrected chi connectivity index (χ3v) is 3.75. The van der Waals surface area contributed by atoms with Gasteiger partial charge in [0.2, 0.25) is 0 Å². The van der Waals surface area contributed by atoms with Crippen molar-refractivity contribution in [3.63, 3.8) is 0 Å². The number of aryl methyl sites for hydroxylation is 1. The van der Waals surface area contributed by atoms with Gasteiger partial charge in [0.25, 0.3) is 0 Å². The highest BCUT2D eigenvalue weighted by Gasteiger charge is 2.17. The number of carboxylic acid groups (broad SMARTS) is 1. The number of methoxy groups -OCH3 is 1. The minimum absolute atomic E-state index is 0.330. The predicted octanol–water partition coefficient (Wildman–Crippen LogP) is 2.67. The van der Waals surface area contributed by atoms with Crippen molar-refractivity contribution in [2.24, 2.45) is 5.92 Å². The summed E-state index contributed by atoms with van der Waals surface area (Å²) in [6.45, 7) is 4.46. The number of carbonyl (C=O) groups is 1. The highest BCUT2D eigenvalue weighted by Crippen LogP contribution is 2.14. The molecular weight excluding hydrogens is 254 g/mol. The first kappa shape index (κ1) is 16.5. The number of hydrogen-bond acceptors (Lipinski definition) is 3. The van der Waals surface area contributed by atoms with Crippen molar-refractivity contribution in [2.75, 3.05) is 20.7 Å². The number of hydrogen-bond donors (Lipinski definition) is 1. The minimum atomic E-state index is -0.737. The first-order chi connectivity index (χ1) is 9.43. The summed E-state index contributed by atoms with van der Waals surface area (Å²) in [5.41, 5.74) is 1.28. The molecule has 4 nitrogen and oxygen atoms in total. The average molecular weight is 279 g/mol. The maximum atomic E-state index is 10.9. The summed E-state index contributed by atoms with van der Waals surface area (Å²) in [6.07, 6.45) is 1.99. The Kier molecular flexibility index (Phi) is 6.52. The summed E-state index contributed by atoms with van der Waals surface area (Å²) in [5.74, 6) is -0.197. The van der Waals surface area contributed by atoms with Crippen LogP contribution in [-0.4, -0.2) is 42.7 Å². The van der Waals surface area contributed by atoms with E-state index in [0.29, 0.717) is 12.6 Å². The van der Waals surface area contributed by atoms with Gasteiger partial charge in [0.15, 0.2) is 0 Å². The van der Waals surface area contributed by atoms with Crippen molar-refractivity contribution in [1.29, 1.82) is 0 Å². The van der Waals surface area contributed by atoms with Crippen LogP contribution in [0.15, 0.2) is 24.3 Å². The van der Waals surface area contributed by atoms with E-state index in [1.807, 2.05) is 19.2 Å². The van der Waals surface area contributed by atoms with Crippen molar-refractivity contribution in [3.05, 3.63) is 29.8 Å². The molecule has 0 saturated carbocycles. The lowest BCUT2D eigenvalue weighted by Gasteiger charge is -2.26. The molecule has 0 spiro atoms. The molecule has 1 aromatic rings. The summed E-state index contributed by atoms with van der Waals surface area (Å²) >= 11 is 0. The Hall–Kier alpha value is -1.55. The number of ether oxygens (including phenoxy) is 1. The van der Waals surface area contributed by atoms with Crippen molar-refractivity contribution in [2.45, 2.75) is 32.7 Å². The monoisotopic (exact) mass is 279 g/mol. The van der Waals surface area contributed by atoms with Crippen molar-refractivity contribution in [3.8, 4) is 5.75 Å². The van der Waals surface area contributed by atoms with Gasteiger partial charge in [0, 0.05) is 12.6 Å². The van der Waals surface area contributed by atoms with Crippen LogP contribution in [-0.2, 0) is 11.2 Å². The van der Waals surface area contributed by atoms with Crippen LogP contribution >= 0.6 is 0 Å². The molecule has 2 atom stereocenters. The van der Waals surface area contributed by atoms with Crippen LogP contribution in [0.4, 0.5) is 0 Å². The standard InChI is InChI=1S/C16H25NO3/c1-12(16(18)19)11-17(3)13(2)5-6-14-7-9-15(20-4)10-8-14/h7-10,12-13H,5-6,11H2,1-4H3,(H,18,19). The number of aliphatic carboxylic acids is 1. The summed E-state index contributed by atoms with van der Waals surface area (Å²) in [6, 6.07) is 8.45. The van der Waals surface area contributed by atoms with Crippen LogP contribution in [0.5, 0.6) is 5.75 Å². The van der Waals surface area contributed by atoms with Crippen LogP contribution < -0.4 is 4.74 Å². The quantitative estimate of drug-likeness (QED) is 0.795. The number of nitrogens with zero attached hydrogens (tertiary/aromatic N) is 1. The summed E-state index contributed by atoms with van der Waals surface area (Å²) in [5, 5.41) is 8.93. The lowest BCUT2D eigenvalue weighted by Crippen LogP contribution is -2.35. The third kappa shape index (κ3) is 5.21. The van der Waals surface area contributed by atoms with Crippen LogP contribution in [0.3, 0.4) is 0 Å². The molecule has 1 rings (SSSR count). The Balaban J connectivity index is 2.41. The maximum Gasteiger partial charge on any atom is 0.307 e. The van der Waals surface area contributed by atoms with E-state index < -0.39 is 5.97 Å². The second kappa shape index (κ2) is 7.90. The topological polar surface area (TPSA) is 49.8 Å². The predicted molar refractivity (Wildman–Crippen MR) is 80.2 cm³/mol. The van der Waals surface area contributed by atoms with Crippen LogP contribution in [0, 0.1) is 5.92 Å². The molecule has 0 heterocycles. The summed E-state index contributed by atoms with van der Waals surface area (Å²) in [4.78, 5) is 13.0. The zero-order valence-corrected chi connectivity index (χ0v) is 12.8. The Morgan fingerprint density at radius 3 is 2.40 bits per heavy atom. The van der Waals surface area contributed by atoms with E-state index in [-0.39, 0.29) is 5.92 Å². The normalized spacial score (nSPS) is 14.1. The number of rotatable bonds is 8. The Labute approximate surface area is 121 Å². The Morgan fingerprint density at radius 1 is 1.30 bits per heavy atom.